The molecule has 2 N–H and O–H groups in total. The summed E-state index contributed by atoms with van der Waals surface area (Å²) in [6.45, 7) is 5.23. The molecule has 9 nitrogen and oxygen atoms in total. The summed E-state index contributed by atoms with van der Waals surface area (Å²) in [7, 11) is -4.12. The van der Waals surface area contributed by atoms with Gasteiger partial charge in [0.15, 0.2) is 0 Å². The highest BCUT2D eigenvalue weighted by molar-refractivity contribution is 7.84. The highest BCUT2D eigenvalue weighted by Gasteiger charge is 2.27. The van der Waals surface area contributed by atoms with Crippen LogP contribution in [0.3, 0.4) is 0 Å². The van der Waals surface area contributed by atoms with Crippen LogP contribution in [0.1, 0.15) is 20.8 Å². The SMILES string of the molecule is CC(C)(C)OC(=O)N(c1ccc(OS(N)(=O)=O)cc1)c1nncs1. The molecule has 0 saturated heterocycles. The zero-order valence-electron chi connectivity index (χ0n) is 13.2. The first kappa shape index (κ1) is 18.1. The van der Waals surface area contributed by atoms with Gasteiger partial charge in [-0.3, -0.25) is 0 Å². The monoisotopic (exact) mass is 372 g/mol. The number of nitrogens with two attached hydrogens (primary N) is 1. The predicted octanol–water partition coefficient (Wildman–Crippen LogP) is 2.19. The lowest BCUT2D eigenvalue weighted by atomic mass is 10.2. The molecular formula is C13H16N4O5S2. The van der Waals surface area contributed by atoms with Crippen molar-refractivity contribution >= 4 is 38.6 Å². The minimum absolute atomic E-state index is 0.0163. The summed E-state index contributed by atoms with van der Waals surface area (Å²) in [6, 6.07) is 5.67. The van der Waals surface area contributed by atoms with E-state index in [0.29, 0.717) is 10.8 Å². The Morgan fingerprint density at radius 2 is 1.88 bits per heavy atom. The molecule has 2 aromatic rings. The number of ether oxygens (including phenoxy) is 1. The first-order valence-electron chi connectivity index (χ1n) is 6.67. The van der Waals surface area contributed by atoms with Gasteiger partial charge in [-0.05, 0) is 45.0 Å². The van der Waals surface area contributed by atoms with Gasteiger partial charge < -0.3 is 8.92 Å². The number of benzene rings is 1. The van der Waals surface area contributed by atoms with E-state index in [0.717, 1.165) is 11.3 Å². The van der Waals surface area contributed by atoms with Crippen molar-refractivity contribution in [2.75, 3.05) is 4.90 Å². The van der Waals surface area contributed by atoms with Crippen LogP contribution >= 0.6 is 11.3 Å². The van der Waals surface area contributed by atoms with Gasteiger partial charge >= 0.3 is 16.4 Å². The van der Waals surface area contributed by atoms with Gasteiger partial charge in [0.05, 0.1) is 5.69 Å². The third-order valence-corrected chi connectivity index (χ3v) is 3.52. The summed E-state index contributed by atoms with van der Waals surface area (Å²) in [6.07, 6.45) is -0.639. The smallest absolute Gasteiger partial charge is 0.421 e. The van der Waals surface area contributed by atoms with Crippen LogP contribution in [0.2, 0.25) is 0 Å². The van der Waals surface area contributed by atoms with Crippen LogP contribution in [0.4, 0.5) is 15.6 Å². The molecule has 0 atom stereocenters. The molecule has 1 aromatic carbocycles. The van der Waals surface area contributed by atoms with Crippen LogP contribution in [-0.2, 0) is 15.0 Å². The fourth-order valence-electron chi connectivity index (χ4n) is 1.65. The fraction of sp³-hybridized carbons (Fsp3) is 0.308. The zero-order valence-corrected chi connectivity index (χ0v) is 14.8. The largest absolute Gasteiger partial charge is 0.443 e. The van der Waals surface area contributed by atoms with Crippen LogP contribution in [-0.4, -0.2) is 30.3 Å². The zero-order chi connectivity index (χ0) is 18.0. The van der Waals surface area contributed by atoms with Crippen molar-refractivity contribution in [3.8, 4) is 5.75 Å². The van der Waals surface area contributed by atoms with Crippen molar-refractivity contribution in [2.24, 2.45) is 5.14 Å². The van der Waals surface area contributed by atoms with Gasteiger partial charge in [0.1, 0.15) is 16.9 Å². The van der Waals surface area contributed by atoms with Crippen LogP contribution in [0.15, 0.2) is 29.8 Å². The molecule has 11 heteroatoms. The van der Waals surface area contributed by atoms with E-state index in [4.69, 9.17) is 9.88 Å². The Morgan fingerprint density at radius 3 is 2.33 bits per heavy atom. The van der Waals surface area contributed by atoms with Crippen molar-refractivity contribution < 1.29 is 22.1 Å². The standard InChI is InChI=1S/C13H16N4O5S2/c1-13(2,3)21-12(18)17(11-16-15-8-23-11)9-4-6-10(7-5-9)22-24(14,19)20/h4-8H,1-3H3,(H2,14,19,20). The Morgan fingerprint density at radius 1 is 1.25 bits per heavy atom. The van der Waals surface area contributed by atoms with Gasteiger partial charge in [-0.1, -0.05) is 11.3 Å². The molecule has 24 heavy (non-hydrogen) atoms. The number of hydrogen-bond donors (Lipinski definition) is 1. The van der Waals surface area contributed by atoms with E-state index in [9.17, 15) is 13.2 Å². The Hall–Kier alpha value is -2.24. The Bertz CT molecular complexity index is 798. The number of aromatic nitrogens is 2. The second-order valence-corrected chi connectivity index (χ2v) is 7.57. The summed E-state index contributed by atoms with van der Waals surface area (Å²) in [5, 5.41) is 12.7. The summed E-state index contributed by atoms with van der Waals surface area (Å²) in [5.74, 6) is 0.0163. The molecule has 1 aromatic heterocycles. The topological polar surface area (TPSA) is 125 Å². The van der Waals surface area contributed by atoms with Gasteiger partial charge in [0.25, 0.3) is 0 Å². The number of carbonyl (C=O) groups is 1. The second kappa shape index (κ2) is 6.71. The first-order valence-corrected chi connectivity index (χ1v) is 9.02. The first-order chi connectivity index (χ1) is 11.1. The van der Waals surface area contributed by atoms with E-state index < -0.39 is 22.0 Å². The number of amides is 1. The van der Waals surface area contributed by atoms with Crippen LogP contribution < -0.4 is 14.2 Å². The molecule has 0 aliphatic carbocycles. The minimum atomic E-state index is -4.12. The molecule has 130 valence electrons. The molecule has 1 heterocycles. The number of carbonyl (C=O) groups excluding carboxylic acids is 1. The minimum Gasteiger partial charge on any atom is -0.443 e. The maximum absolute atomic E-state index is 12.5. The third kappa shape index (κ3) is 5.15. The second-order valence-electron chi connectivity index (χ2n) is 5.61. The van der Waals surface area contributed by atoms with Gasteiger partial charge in [-0.2, -0.15) is 13.6 Å². The van der Waals surface area contributed by atoms with E-state index in [2.05, 4.69) is 14.4 Å². The van der Waals surface area contributed by atoms with Crippen molar-refractivity contribution in [1.29, 1.82) is 0 Å². The van der Waals surface area contributed by atoms with Gasteiger partial charge in [-0.15, -0.1) is 10.2 Å². The van der Waals surface area contributed by atoms with Crippen molar-refractivity contribution in [3.05, 3.63) is 29.8 Å². The normalized spacial score (nSPS) is 11.8. The highest BCUT2D eigenvalue weighted by atomic mass is 32.2. The quantitative estimate of drug-likeness (QED) is 0.872. The summed E-state index contributed by atoms with van der Waals surface area (Å²) in [5.41, 5.74) is 1.18. The molecule has 0 bridgehead atoms. The lowest BCUT2D eigenvalue weighted by Gasteiger charge is -2.25. The summed E-state index contributed by atoms with van der Waals surface area (Å²) in [4.78, 5) is 13.7. The van der Waals surface area contributed by atoms with Crippen molar-refractivity contribution in [2.45, 2.75) is 26.4 Å². The van der Waals surface area contributed by atoms with Crippen molar-refractivity contribution in [1.82, 2.24) is 10.2 Å². The van der Waals surface area contributed by atoms with Crippen LogP contribution in [0, 0.1) is 0 Å². The van der Waals surface area contributed by atoms with E-state index in [1.54, 1.807) is 20.8 Å². The maximum Gasteiger partial charge on any atom is 0.421 e. The number of rotatable bonds is 4. The molecule has 0 radical (unpaired) electrons. The number of anilines is 2. The van der Waals surface area contributed by atoms with Gasteiger partial charge in [-0.25, -0.2) is 9.69 Å². The lowest BCUT2D eigenvalue weighted by Crippen LogP contribution is -2.33. The molecular weight excluding hydrogens is 356 g/mol. The van der Waals surface area contributed by atoms with Gasteiger partial charge in [0.2, 0.25) is 5.13 Å². The Balaban J connectivity index is 2.33. The highest BCUT2D eigenvalue weighted by Crippen LogP contribution is 2.30. The average molecular weight is 372 g/mol. The fourth-order valence-corrected chi connectivity index (χ4v) is 2.60. The van der Waals surface area contributed by atoms with E-state index >= 15 is 0 Å². The average Bonchev–Trinajstić information content (AvgIpc) is 2.91. The Kier molecular flexibility index (Phi) is 5.06. The Labute approximate surface area is 143 Å². The summed E-state index contributed by atoms with van der Waals surface area (Å²) >= 11 is 1.15. The molecule has 0 unspecified atom stereocenters. The number of nitrogens with zero attached hydrogens (tertiary/aromatic N) is 3. The lowest BCUT2D eigenvalue weighted by molar-refractivity contribution is 0.0599. The predicted molar refractivity (Wildman–Crippen MR) is 88.5 cm³/mol. The number of hydrogen-bond acceptors (Lipinski definition) is 8. The molecule has 0 aliphatic heterocycles. The molecule has 0 fully saturated rings. The van der Waals surface area contributed by atoms with Gasteiger partial charge in [0, 0.05) is 0 Å². The van der Waals surface area contributed by atoms with E-state index in [1.807, 2.05) is 0 Å². The molecule has 0 aliphatic rings. The van der Waals surface area contributed by atoms with E-state index in [1.165, 1.54) is 34.7 Å². The van der Waals surface area contributed by atoms with E-state index in [-0.39, 0.29) is 5.75 Å². The molecule has 1 amide bonds. The molecule has 0 spiro atoms. The molecule has 0 saturated carbocycles. The van der Waals surface area contributed by atoms with Crippen molar-refractivity contribution in [3.63, 3.8) is 0 Å². The molecule has 2 rings (SSSR count). The summed E-state index contributed by atoms with van der Waals surface area (Å²) < 4.78 is 31.8. The van der Waals surface area contributed by atoms with Crippen LogP contribution in [0.5, 0.6) is 5.75 Å². The van der Waals surface area contributed by atoms with Crippen LogP contribution in [0.25, 0.3) is 0 Å². The third-order valence-electron chi connectivity index (χ3n) is 2.42. The maximum atomic E-state index is 12.5.